The van der Waals surface area contributed by atoms with E-state index in [1.54, 1.807) is 6.33 Å². The Bertz CT molecular complexity index is 1430. The lowest BCUT2D eigenvalue weighted by atomic mass is 10.0. The van der Waals surface area contributed by atoms with E-state index in [-0.39, 0.29) is 0 Å². The van der Waals surface area contributed by atoms with E-state index in [2.05, 4.69) is 44.5 Å². The van der Waals surface area contributed by atoms with Crippen LogP contribution in [0.3, 0.4) is 0 Å². The molecule has 0 atom stereocenters. The number of para-hydroxylation sites is 1. The van der Waals surface area contributed by atoms with Crippen molar-refractivity contribution in [1.29, 1.82) is 0 Å². The molecule has 0 aliphatic carbocycles. The van der Waals surface area contributed by atoms with Crippen LogP contribution in [0.1, 0.15) is 13.8 Å². The van der Waals surface area contributed by atoms with Gasteiger partial charge in [0, 0.05) is 34.3 Å². The molecule has 0 amide bonds. The summed E-state index contributed by atoms with van der Waals surface area (Å²) in [4.78, 5) is 13.5. The van der Waals surface area contributed by atoms with Gasteiger partial charge in [-0.25, -0.2) is 9.97 Å². The maximum Gasteiger partial charge on any atom is 0.163 e. The fourth-order valence-electron chi connectivity index (χ4n) is 3.84. The van der Waals surface area contributed by atoms with Crippen molar-refractivity contribution < 1.29 is 9.47 Å². The number of aromatic nitrogens is 3. The van der Waals surface area contributed by atoms with Gasteiger partial charge < -0.3 is 14.8 Å². The highest BCUT2D eigenvalue weighted by molar-refractivity contribution is 5.93. The molecule has 2 heterocycles. The van der Waals surface area contributed by atoms with E-state index < -0.39 is 0 Å². The van der Waals surface area contributed by atoms with Crippen LogP contribution in [0, 0.1) is 0 Å². The monoisotopic (exact) mass is 436 g/mol. The highest BCUT2D eigenvalue weighted by Crippen LogP contribution is 2.35. The molecule has 0 spiro atoms. The number of fused-ring (bicyclic) bond motifs is 2. The highest BCUT2D eigenvalue weighted by atomic mass is 16.5. The molecule has 0 saturated heterocycles. The first-order valence-electron chi connectivity index (χ1n) is 11.0. The molecule has 0 unspecified atom stereocenters. The number of hydrogen-bond acceptors (Lipinski definition) is 6. The molecule has 6 nitrogen and oxygen atoms in total. The van der Waals surface area contributed by atoms with Gasteiger partial charge in [-0.3, -0.25) is 4.98 Å². The summed E-state index contributed by atoms with van der Waals surface area (Å²) < 4.78 is 11.5. The molecule has 0 bridgehead atoms. The van der Waals surface area contributed by atoms with E-state index >= 15 is 0 Å². The van der Waals surface area contributed by atoms with Gasteiger partial charge in [-0.15, -0.1) is 0 Å². The summed E-state index contributed by atoms with van der Waals surface area (Å²) in [5.74, 6) is 2.07. The third-order valence-electron chi connectivity index (χ3n) is 5.35. The maximum absolute atomic E-state index is 5.80. The van der Waals surface area contributed by atoms with Crippen molar-refractivity contribution in [2.45, 2.75) is 13.8 Å². The second kappa shape index (κ2) is 9.12. The van der Waals surface area contributed by atoms with E-state index in [0.717, 1.165) is 38.6 Å². The summed E-state index contributed by atoms with van der Waals surface area (Å²) in [6.07, 6.45) is 3.46. The summed E-state index contributed by atoms with van der Waals surface area (Å²) in [6.45, 7) is 5.00. The Morgan fingerprint density at radius 3 is 2.39 bits per heavy atom. The Hall–Kier alpha value is -4.19. The molecule has 0 radical (unpaired) electrons. The lowest BCUT2D eigenvalue weighted by Gasteiger charge is -2.14. The number of rotatable bonds is 7. The zero-order chi connectivity index (χ0) is 22.6. The Morgan fingerprint density at radius 2 is 1.55 bits per heavy atom. The minimum absolute atomic E-state index is 0.546. The van der Waals surface area contributed by atoms with E-state index in [1.165, 1.54) is 0 Å². The first-order chi connectivity index (χ1) is 16.2. The molecule has 1 N–H and O–H groups in total. The van der Waals surface area contributed by atoms with E-state index in [1.807, 2.05) is 62.5 Å². The van der Waals surface area contributed by atoms with E-state index in [4.69, 9.17) is 9.47 Å². The van der Waals surface area contributed by atoms with Crippen molar-refractivity contribution in [3.8, 4) is 22.6 Å². The number of nitrogens with one attached hydrogen (secondary N) is 1. The van der Waals surface area contributed by atoms with Crippen LogP contribution < -0.4 is 14.8 Å². The van der Waals surface area contributed by atoms with Crippen molar-refractivity contribution >= 4 is 33.3 Å². The molecule has 2 aromatic heterocycles. The molecule has 0 saturated carbocycles. The number of hydrogen-bond donors (Lipinski definition) is 1. The SMILES string of the molecule is CCOc1cc2ncnc(Nc3cccc(-c4cnc5ccccc5c4)c3)c2cc1OCC. The van der Waals surface area contributed by atoms with Crippen LogP contribution in [0.4, 0.5) is 11.5 Å². The molecule has 5 aromatic rings. The second-order valence-electron chi connectivity index (χ2n) is 7.53. The van der Waals surface area contributed by atoms with E-state index in [0.29, 0.717) is 30.5 Å². The van der Waals surface area contributed by atoms with Crippen LogP contribution in [0.25, 0.3) is 32.9 Å². The lowest BCUT2D eigenvalue weighted by molar-refractivity contribution is 0.288. The van der Waals surface area contributed by atoms with Gasteiger partial charge in [0.05, 0.1) is 24.2 Å². The first-order valence-corrected chi connectivity index (χ1v) is 11.0. The van der Waals surface area contributed by atoms with Crippen LogP contribution in [0.2, 0.25) is 0 Å². The minimum Gasteiger partial charge on any atom is -0.490 e. The third-order valence-corrected chi connectivity index (χ3v) is 5.35. The minimum atomic E-state index is 0.546. The standard InChI is InChI=1S/C27H24N4O2/c1-3-32-25-14-22-24(15-26(25)33-4-2)29-17-30-27(22)31-21-10-7-9-18(13-21)20-12-19-8-5-6-11-23(19)28-16-20/h5-17H,3-4H2,1-2H3,(H,29,30,31). The zero-order valence-electron chi connectivity index (χ0n) is 18.6. The van der Waals surface area contributed by atoms with Crippen molar-refractivity contribution in [1.82, 2.24) is 15.0 Å². The summed E-state index contributed by atoms with van der Waals surface area (Å²) in [5.41, 5.74) is 4.83. The Kier molecular flexibility index (Phi) is 5.72. The summed E-state index contributed by atoms with van der Waals surface area (Å²) in [6, 6.07) is 22.3. The fraction of sp³-hybridized carbons (Fsp3) is 0.148. The average Bonchev–Trinajstić information content (AvgIpc) is 2.85. The molecule has 0 aliphatic heterocycles. The molecular weight excluding hydrogens is 412 g/mol. The number of nitrogens with zero attached hydrogens (tertiary/aromatic N) is 3. The summed E-state index contributed by atoms with van der Waals surface area (Å²) in [5, 5.41) is 5.42. The molecule has 3 aromatic carbocycles. The first kappa shape index (κ1) is 20.7. The predicted octanol–water partition coefficient (Wildman–Crippen LogP) is 6.39. The summed E-state index contributed by atoms with van der Waals surface area (Å²) >= 11 is 0. The van der Waals surface area contributed by atoms with Crippen molar-refractivity contribution in [2.24, 2.45) is 0 Å². The zero-order valence-corrected chi connectivity index (χ0v) is 18.6. The third kappa shape index (κ3) is 4.28. The maximum atomic E-state index is 5.80. The normalized spacial score (nSPS) is 11.0. The Balaban J connectivity index is 1.51. The van der Waals surface area contributed by atoms with E-state index in [9.17, 15) is 0 Å². The largest absolute Gasteiger partial charge is 0.490 e. The molecule has 33 heavy (non-hydrogen) atoms. The van der Waals surface area contributed by atoms with Gasteiger partial charge in [-0.2, -0.15) is 0 Å². The van der Waals surface area contributed by atoms with Crippen molar-refractivity contribution in [2.75, 3.05) is 18.5 Å². The second-order valence-corrected chi connectivity index (χ2v) is 7.53. The van der Waals surface area contributed by atoms with Gasteiger partial charge in [0.2, 0.25) is 0 Å². The molecule has 0 fully saturated rings. The van der Waals surface area contributed by atoms with Crippen LogP contribution in [-0.4, -0.2) is 28.2 Å². The average molecular weight is 437 g/mol. The van der Waals surface area contributed by atoms with Gasteiger partial charge in [-0.1, -0.05) is 30.3 Å². The van der Waals surface area contributed by atoms with Gasteiger partial charge >= 0.3 is 0 Å². The predicted molar refractivity (Wildman–Crippen MR) is 132 cm³/mol. The number of benzene rings is 3. The fourth-order valence-corrected chi connectivity index (χ4v) is 3.84. The Morgan fingerprint density at radius 1 is 0.727 bits per heavy atom. The smallest absolute Gasteiger partial charge is 0.163 e. The van der Waals surface area contributed by atoms with Crippen LogP contribution >= 0.6 is 0 Å². The molecule has 0 aliphatic rings. The highest BCUT2D eigenvalue weighted by Gasteiger charge is 2.12. The molecular formula is C27H24N4O2. The molecule has 164 valence electrons. The quantitative estimate of drug-likeness (QED) is 0.319. The molecule has 5 rings (SSSR count). The van der Waals surface area contributed by atoms with Crippen LogP contribution in [-0.2, 0) is 0 Å². The van der Waals surface area contributed by atoms with Crippen LogP contribution in [0.15, 0.2) is 79.3 Å². The number of ether oxygens (including phenoxy) is 2. The van der Waals surface area contributed by atoms with Crippen molar-refractivity contribution in [3.05, 3.63) is 79.3 Å². The van der Waals surface area contributed by atoms with Gasteiger partial charge in [-0.05, 0) is 49.7 Å². The van der Waals surface area contributed by atoms with Crippen LogP contribution in [0.5, 0.6) is 11.5 Å². The number of anilines is 2. The van der Waals surface area contributed by atoms with Crippen molar-refractivity contribution in [3.63, 3.8) is 0 Å². The topological polar surface area (TPSA) is 69.2 Å². The van der Waals surface area contributed by atoms with Gasteiger partial charge in [0.15, 0.2) is 11.5 Å². The number of pyridine rings is 1. The van der Waals surface area contributed by atoms with Gasteiger partial charge in [0.25, 0.3) is 0 Å². The molecule has 6 heteroatoms. The summed E-state index contributed by atoms with van der Waals surface area (Å²) in [7, 11) is 0. The Labute approximate surface area is 192 Å². The van der Waals surface area contributed by atoms with Gasteiger partial charge in [0.1, 0.15) is 12.1 Å². The lowest BCUT2D eigenvalue weighted by Crippen LogP contribution is -2.01.